The molecule has 0 saturated carbocycles. The Bertz CT molecular complexity index is 392. The molecule has 1 aliphatic rings. The molecule has 0 fully saturated rings. The predicted octanol–water partition coefficient (Wildman–Crippen LogP) is 1.32. The van der Waals surface area contributed by atoms with Gasteiger partial charge in [0.25, 0.3) is 0 Å². The Labute approximate surface area is 101 Å². The molecule has 0 amide bonds. The quantitative estimate of drug-likeness (QED) is 0.782. The van der Waals surface area contributed by atoms with E-state index in [0.717, 1.165) is 12.3 Å². The zero-order chi connectivity index (χ0) is 12.1. The summed E-state index contributed by atoms with van der Waals surface area (Å²) in [7, 11) is 0. The average molecular weight is 235 g/mol. The maximum atomic E-state index is 11.1. The van der Waals surface area contributed by atoms with Crippen LogP contribution in [0.1, 0.15) is 18.4 Å². The molecule has 92 valence electrons. The van der Waals surface area contributed by atoms with Gasteiger partial charge in [0.1, 0.15) is 5.75 Å². The number of carbonyl (C=O) groups excluding carboxylic acids is 1. The van der Waals surface area contributed by atoms with Crippen molar-refractivity contribution in [1.29, 1.82) is 0 Å². The highest BCUT2D eigenvalue weighted by atomic mass is 16.5. The first kappa shape index (κ1) is 11.9. The first-order chi connectivity index (χ1) is 8.31. The van der Waals surface area contributed by atoms with E-state index in [2.05, 4.69) is 11.4 Å². The fourth-order valence-electron chi connectivity index (χ4n) is 1.96. The summed E-state index contributed by atoms with van der Waals surface area (Å²) >= 11 is 0. The van der Waals surface area contributed by atoms with E-state index in [1.165, 1.54) is 5.56 Å². The summed E-state index contributed by atoms with van der Waals surface area (Å²) in [5, 5.41) is 3.10. The first-order valence-electron chi connectivity index (χ1n) is 5.89. The van der Waals surface area contributed by atoms with Crippen LogP contribution in [0.3, 0.4) is 0 Å². The van der Waals surface area contributed by atoms with Crippen LogP contribution in [0.25, 0.3) is 0 Å². The van der Waals surface area contributed by atoms with Crippen molar-refractivity contribution in [2.24, 2.45) is 0 Å². The van der Waals surface area contributed by atoms with Gasteiger partial charge in [0.2, 0.25) is 0 Å². The largest absolute Gasteiger partial charge is 0.493 e. The highest BCUT2D eigenvalue weighted by Crippen LogP contribution is 2.32. The van der Waals surface area contributed by atoms with Crippen LogP contribution in [0.5, 0.6) is 5.75 Å². The molecule has 0 aliphatic carbocycles. The minimum absolute atomic E-state index is 0.209. The smallest absolute Gasteiger partial charge is 0.319 e. The normalized spacial score (nSPS) is 17.4. The lowest BCUT2D eigenvalue weighted by Gasteiger charge is -2.09. The standard InChI is InChI=1S/C13H17NO3/c1-2-16-13(15)8-14-7-10-9-17-12-6-4-3-5-11(10)12/h3-6,10,14H,2,7-9H2,1H3. The zero-order valence-electron chi connectivity index (χ0n) is 9.94. The maximum absolute atomic E-state index is 11.1. The Balaban J connectivity index is 1.80. The summed E-state index contributed by atoms with van der Waals surface area (Å²) in [5.74, 6) is 1.07. The maximum Gasteiger partial charge on any atom is 0.319 e. The molecule has 1 atom stereocenters. The molecule has 4 nitrogen and oxygen atoms in total. The molecule has 1 aromatic carbocycles. The molecule has 1 aromatic rings. The number of esters is 1. The highest BCUT2D eigenvalue weighted by molar-refractivity contribution is 5.71. The lowest BCUT2D eigenvalue weighted by Crippen LogP contribution is -2.29. The van der Waals surface area contributed by atoms with Gasteiger partial charge < -0.3 is 14.8 Å². The molecule has 0 saturated heterocycles. The van der Waals surface area contributed by atoms with E-state index in [-0.39, 0.29) is 12.5 Å². The van der Waals surface area contributed by atoms with Crippen molar-refractivity contribution in [2.75, 3.05) is 26.3 Å². The van der Waals surface area contributed by atoms with Gasteiger partial charge in [-0.15, -0.1) is 0 Å². The van der Waals surface area contributed by atoms with E-state index in [4.69, 9.17) is 9.47 Å². The van der Waals surface area contributed by atoms with Crippen molar-refractivity contribution >= 4 is 5.97 Å². The third kappa shape index (κ3) is 2.97. The van der Waals surface area contributed by atoms with Crippen molar-refractivity contribution in [3.05, 3.63) is 29.8 Å². The number of rotatable bonds is 5. The van der Waals surface area contributed by atoms with Crippen molar-refractivity contribution in [3.63, 3.8) is 0 Å². The second kappa shape index (κ2) is 5.68. The number of para-hydroxylation sites is 1. The first-order valence-corrected chi connectivity index (χ1v) is 5.89. The monoisotopic (exact) mass is 235 g/mol. The van der Waals surface area contributed by atoms with E-state index >= 15 is 0 Å². The topological polar surface area (TPSA) is 47.6 Å². The lowest BCUT2D eigenvalue weighted by molar-refractivity contribution is -0.142. The number of hydrogen-bond acceptors (Lipinski definition) is 4. The number of hydrogen-bond donors (Lipinski definition) is 1. The molecule has 0 aromatic heterocycles. The van der Waals surface area contributed by atoms with Crippen molar-refractivity contribution in [2.45, 2.75) is 12.8 Å². The average Bonchev–Trinajstić information content (AvgIpc) is 2.73. The zero-order valence-corrected chi connectivity index (χ0v) is 9.94. The van der Waals surface area contributed by atoms with Crippen LogP contribution in [-0.4, -0.2) is 32.3 Å². The molecule has 1 N–H and O–H groups in total. The lowest BCUT2D eigenvalue weighted by atomic mass is 10.0. The molecule has 0 radical (unpaired) electrons. The molecule has 1 unspecified atom stereocenters. The van der Waals surface area contributed by atoms with Gasteiger partial charge in [-0.05, 0) is 13.0 Å². The van der Waals surface area contributed by atoms with Crippen molar-refractivity contribution in [3.8, 4) is 5.75 Å². The van der Waals surface area contributed by atoms with Gasteiger partial charge in [-0.3, -0.25) is 4.79 Å². The van der Waals surface area contributed by atoms with Crippen LogP contribution >= 0.6 is 0 Å². The van der Waals surface area contributed by atoms with Crippen LogP contribution < -0.4 is 10.1 Å². The van der Waals surface area contributed by atoms with Crippen molar-refractivity contribution in [1.82, 2.24) is 5.32 Å². The predicted molar refractivity (Wildman–Crippen MR) is 64.2 cm³/mol. The molecule has 2 rings (SSSR count). The molecular formula is C13H17NO3. The van der Waals surface area contributed by atoms with Crippen LogP contribution in [0.4, 0.5) is 0 Å². The van der Waals surface area contributed by atoms with Gasteiger partial charge in [-0.25, -0.2) is 0 Å². The minimum Gasteiger partial charge on any atom is -0.493 e. The summed E-state index contributed by atoms with van der Waals surface area (Å²) in [6, 6.07) is 8.01. The number of carbonyl (C=O) groups is 1. The van der Waals surface area contributed by atoms with Crippen LogP contribution in [0.15, 0.2) is 24.3 Å². The summed E-state index contributed by atoms with van der Waals surface area (Å²) < 4.78 is 10.4. The second-order valence-electron chi connectivity index (χ2n) is 3.98. The van der Waals surface area contributed by atoms with E-state index < -0.39 is 0 Å². The molecule has 17 heavy (non-hydrogen) atoms. The van der Waals surface area contributed by atoms with Gasteiger partial charge in [0, 0.05) is 18.0 Å². The molecule has 4 heteroatoms. The Hall–Kier alpha value is -1.55. The van der Waals surface area contributed by atoms with Gasteiger partial charge >= 0.3 is 5.97 Å². The van der Waals surface area contributed by atoms with Gasteiger partial charge in [0.15, 0.2) is 0 Å². The Kier molecular flexibility index (Phi) is 3.98. The van der Waals surface area contributed by atoms with Crippen molar-refractivity contribution < 1.29 is 14.3 Å². The van der Waals surface area contributed by atoms with Crippen LogP contribution in [0, 0.1) is 0 Å². The number of fused-ring (bicyclic) bond motifs is 1. The SMILES string of the molecule is CCOC(=O)CNCC1COc2ccccc21. The van der Waals surface area contributed by atoms with Gasteiger partial charge in [-0.2, -0.15) is 0 Å². The summed E-state index contributed by atoms with van der Waals surface area (Å²) in [6.07, 6.45) is 0. The molecule has 1 heterocycles. The Morgan fingerprint density at radius 1 is 1.53 bits per heavy atom. The summed E-state index contributed by atoms with van der Waals surface area (Å²) in [5.41, 5.74) is 1.21. The van der Waals surface area contributed by atoms with Gasteiger partial charge in [-0.1, -0.05) is 18.2 Å². The molecular weight excluding hydrogens is 218 g/mol. The third-order valence-electron chi connectivity index (χ3n) is 2.76. The second-order valence-corrected chi connectivity index (χ2v) is 3.98. The molecule has 1 aliphatic heterocycles. The fraction of sp³-hybridized carbons (Fsp3) is 0.462. The van der Waals surface area contributed by atoms with Gasteiger partial charge in [0.05, 0.1) is 19.8 Å². The molecule has 0 spiro atoms. The van der Waals surface area contributed by atoms with Crippen LogP contribution in [-0.2, 0) is 9.53 Å². The Morgan fingerprint density at radius 2 is 2.35 bits per heavy atom. The van der Waals surface area contributed by atoms with E-state index in [9.17, 15) is 4.79 Å². The Morgan fingerprint density at radius 3 is 3.18 bits per heavy atom. The molecule has 0 bridgehead atoms. The van der Waals surface area contributed by atoms with E-state index in [1.807, 2.05) is 18.2 Å². The third-order valence-corrected chi connectivity index (χ3v) is 2.76. The number of ether oxygens (including phenoxy) is 2. The minimum atomic E-state index is -0.209. The van der Waals surface area contributed by atoms with E-state index in [0.29, 0.717) is 19.1 Å². The number of benzene rings is 1. The highest BCUT2D eigenvalue weighted by Gasteiger charge is 2.23. The number of nitrogens with one attached hydrogen (secondary N) is 1. The van der Waals surface area contributed by atoms with Crippen LogP contribution in [0.2, 0.25) is 0 Å². The summed E-state index contributed by atoms with van der Waals surface area (Å²) in [4.78, 5) is 11.1. The fourth-order valence-corrected chi connectivity index (χ4v) is 1.96. The van der Waals surface area contributed by atoms with E-state index in [1.54, 1.807) is 6.92 Å². The summed E-state index contributed by atoms with van der Waals surface area (Å²) in [6.45, 7) is 3.90.